The molecule has 0 amide bonds. The van der Waals surface area contributed by atoms with Gasteiger partial charge in [-0.25, -0.2) is 9.48 Å². The van der Waals surface area contributed by atoms with Gasteiger partial charge < -0.3 is 4.74 Å². The van der Waals surface area contributed by atoms with Crippen LogP contribution in [0, 0.1) is 0 Å². The van der Waals surface area contributed by atoms with Gasteiger partial charge in [-0.1, -0.05) is 67.7 Å². The van der Waals surface area contributed by atoms with Crippen LogP contribution in [0.3, 0.4) is 0 Å². The van der Waals surface area contributed by atoms with Crippen molar-refractivity contribution in [3.05, 3.63) is 68.8 Å². The lowest BCUT2D eigenvalue weighted by atomic mass is 9.83. The van der Waals surface area contributed by atoms with Crippen molar-refractivity contribution in [3.63, 3.8) is 0 Å². The Hall–Kier alpha value is -2.01. The fraction of sp³-hybridized carbons (Fsp3) is 0.273. The van der Waals surface area contributed by atoms with Gasteiger partial charge in [-0.15, -0.1) is 0 Å². The summed E-state index contributed by atoms with van der Waals surface area (Å²) in [5, 5.41) is 6.19. The van der Waals surface area contributed by atoms with Crippen LogP contribution in [-0.2, 0) is 10.2 Å². The maximum atomic E-state index is 12.8. The van der Waals surface area contributed by atoms with Gasteiger partial charge >= 0.3 is 5.97 Å². The second-order valence-electron chi connectivity index (χ2n) is 7.56. The minimum absolute atomic E-state index is 0.257. The number of carbonyl (C=O) groups is 1. The van der Waals surface area contributed by atoms with Crippen molar-refractivity contribution in [2.24, 2.45) is 0 Å². The van der Waals surface area contributed by atoms with Crippen LogP contribution in [-0.4, -0.2) is 22.4 Å². The Morgan fingerprint density at radius 3 is 2.21 bits per heavy atom. The first-order valence-electron chi connectivity index (χ1n) is 9.15. The lowest BCUT2D eigenvalue weighted by Gasteiger charge is -2.21. The van der Waals surface area contributed by atoms with E-state index in [1.54, 1.807) is 41.9 Å². The second-order valence-corrected chi connectivity index (χ2v) is 8.84. The van der Waals surface area contributed by atoms with E-state index < -0.39 is 11.4 Å². The van der Waals surface area contributed by atoms with Crippen LogP contribution < -0.4 is 0 Å². The summed E-state index contributed by atoms with van der Waals surface area (Å²) < 4.78 is 6.96. The maximum absolute atomic E-state index is 12.8. The number of nitrogens with zero attached hydrogens (tertiary/aromatic N) is 2. The van der Waals surface area contributed by atoms with E-state index in [1.807, 2.05) is 32.9 Å². The Morgan fingerprint density at radius 1 is 1.03 bits per heavy atom. The van der Waals surface area contributed by atoms with Gasteiger partial charge in [0.1, 0.15) is 0 Å². The van der Waals surface area contributed by atoms with Crippen LogP contribution in [0.15, 0.2) is 42.5 Å². The van der Waals surface area contributed by atoms with Gasteiger partial charge in [-0.3, -0.25) is 0 Å². The minimum Gasteiger partial charge on any atom is -0.461 e. The maximum Gasteiger partial charge on any atom is 0.359 e. The molecule has 1 aromatic heterocycles. The number of esters is 1. The van der Waals surface area contributed by atoms with E-state index in [-0.39, 0.29) is 12.3 Å². The van der Waals surface area contributed by atoms with Crippen LogP contribution in [0.25, 0.3) is 16.9 Å². The van der Waals surface area contributed by atoms with Crippen molar-refractivity contribution in [1.29, 1.82) is 0 Å². The molecule has 2 aromatic carbocycles. The van der Waals surface area contributed by atoms with Crippen LogP contribution in [0.4, 0.5) is 0 Å². The topological polar surface area (TPSA) is 44.1 Å². The highest BCUT2D eigenvalue weighted by Crippen LogP contribution is 2.39. The second kappa shape index (κ2) is 8.39. The molecule has 0 aliphatic heterocycles. The fourth-order valence-corrected chi connectivity index (χ4v) is 3.79. The molecule has 0 saturated heterocycles. The molecule has 0 N–H and O–H groups in total. The highest BCUT2D eigenvalue weighted by Gasteiger charge is 2.33. The van der Waals surface area contributed by atoms with E-state index in [9.17, 15) is 4.79 Å². The van der Waals surface area contributed by atoms with Gasteiger partial charge in [0.2, 0.25) is 0 Å². The molecular weight excluding hydrogens is 431 g/mol. The van der Waals surface area contributed by atoms with Crippen molar-refractivity contribution in [3.8, 4) is 16.9 Å². The summed E-state index contributed by atoms with van der Waals surface area (Å²) in [7, 11) is 0. The predicted octanol–water partition coefficient (Wildman–Crippen LogP) is 6.97. The summed E-state index contributed by atoms with van der Waals surface area (Å²) in [4.78, 5) is 12.8. The Kier molecular flexibility index (Phi) is 6.27. The van der Waals surface area contributed by atoms with Crippen molar-refractivity contribution in [2.75, 3.05) is 6.61 Å². The van der Waals surface area contributed by atoms with Gasteiger partial charge in [0, 0.05) is 21.2 Å². The first kappa shape index (κ1) is 21.7. The predicted molar refractivity (Wildman–Crippen MR) is 119 cm³/mol. The number of halogens is 3. The van der Waals surface area contributed by atoms with E-state index in [0.717, 1.165) is 16.8 Å². The molecule has 0 aliphatic carbocycles. The highest BCUT2D eigenvalue weighted by molar-refractivity contribution is 6.35. The number of ether oxygens (including phenoxy) is 1. The molecule has 3 rings (SSSR count). The Balaban J connectivity index is 2.40. The minimum atomic E-state index is -0.475. The van der Waals surface area contributed by atoms with E-state index in [0.29, 0.717) is 20.8 Å². The molecule has 0 fully saturated rings. The van der Waals surface area contributed by atoms with Gasteiger partial charge in [0.25, 0.3) is 0 Å². The first-order chi connectivity index (χ1) is 13.6. The molecular formula is C22H21Cl3N2O2. The summed E-state index contributed by atoms with van der Waals surface area (Å²) >= 11 is 18.7. The average Bonchev–Trinajstić information content (AvgIpc) is 3.03. The third kappa shape index (κ3) is 4.45. The molecule has 0 spiro atoms. The van der Waals surface area contributed by atoms with Gasteiger partial charge in [-0.05, 0) is 42.7 Å². The van der Waals surface area contributed by atoms with Gasteiger partial charge in [0.15, 0.2) is 5.69 Å². The van der Waals surface area contributed by atoms with E-state index in [4.69, 9.17) is 39.5 Å². The number of aromatic nitrogens is 2. The van der Waals surface area contributed by atoms with E-state index in [2.05, 4.69) is 5.10 Å². The standard InChI is InChI=1S/C22H21Cl3N2O2/c1-5-29-21(28)19-18(22(2,3)4)20(13-6-8-14(23)9-7-13)27(26-19)17-11-10-15(24)12-16(17)25/h6-12H,5H2,1-4H3. The molecule has 29 heavy (non-hydrogen) atoms. The molecule has 152 valence electrons. The number of carbonyl (C=O) groups excluding carboxylic acids is 1. The van der Waals surface area contributed by atoms with Crippen LogP contribution in [0.1, 0.15) is 43.7 Å². The third-order valence-corrected chi connectivity index (χ3v) is 5.15. The van der Waals surface area contributed by atoms with E-state index >= 15 is 0 Å². The SMILES string of the molecule is CCOC(=O)c1nn(-c2ccc(Cl)cc2Cl)c(-c2ccc(Cl)cc2)c1C(C)(C)C. The third-order valence-electron chi connectivity index (χ3n) is 4.36. The molecule has 3 aromatic rings. The van der Waals surface area contributed by atoms with Crippen molar-refractivity contribution >= 4 is 40.8 Å². The molecule has 0 atom stereocenters. The first-order valence-corrected chi connectivity index (χ1v) is 10.3. The van der Waals surface area contributed by atoms with Gasteiger partial charge in [0.05, 0.1) is 23.0 Å². The highest BCUT2D eigenvalue weighted by atomic mass is 35.5. The summed E-state index contributed by atoms with van der Waals surface area (Å²) in [5.74, 6) is -0.475. The fourth-order valence-electron chi connectivity index (χ4n) is 3.17. The zero-order valence-electron chi connectivity index (χ0n) is 16.6. The van der Waals surface area contributed by atoms with Crippen LogP contribution in [0.5, 0.6) is 0 Å². The zero-order chi connectivity index (χ0) is 21.3. The molecule has 4 nitrogen and oxygen atoms in total. The average molecular weight is 452 g/mol. The molecule has 0 radical (unpaired) electrons. The molecule has 0 saturated carbocycles. The van der Waals surface area contributed by atoms with Crippen LogP contribution in [0.2, 0.25) is 15.1 Å². The summed E-state index contributed by atoms with van der Waals surface area (Å²) in [6, 6.07) is 12.5. The Morgan fingerprint density at radius 2 is 1.66 bits per heavy atom. The molecule has 1 heterocycles. The number of rotatable bonds is 4. The lowest BCUT2D eigenvalue weighted by molar-refractivity contribution is 0.0516. The quantitative estimate of drug-likeness (QED) is 0.402. The Bertz CT molecular complexity index is 1050. The molecule has 7 heteroatoms. The zero-order valence-corrected chi connectivity index (χ0v) is 18.9. The Labute approximate surface area is 185 Å². The van der Waals surface area contributed by atoms with E-state index in [1.165, 1.54) is 0 Å². The number of benzene rings is 2. The summed E-state index contributed by atoms with van der Waals surface area (Å²) in [6.45, 7) is 8.11. The summed E-state index contributed by atoms with van der Waals surface area (Å²) in [5.41, 5.74) is 2.85. The smallest absolute Gasteiger partial charge is 0.359 e. The molecule has 0 bridgehead atoms. The molecule has 0 aliphatic rings. The largest absolute Gasteiger partial charge is 0.461 e. The number of hydrogen-bond acceptors (Lipinski definition) is 3. The van der Waals surface area contributed by atoms with Crippen molar-refractivity contribution in [1.82, 2.24) is 9.78 Å². The van der Waals surface area contributed by atoms with Crippen molar-refractivity contribution in [2.45, 2.75) is 33.1 Å². The number of hydrogen-bond donors (Lipinski definition) is 0. The molecule has 0 unspecified atom stereocenters. The van der Waals surface area contributed by atoms with Crippen molar-refractivity contribution < 1.29 is 9.53 Å². The normalized spacial score (nSPS) is 11.6. The monoisotopic (exact) mass is 450 g/mol. The van der Waals surface area contributed by atoms with Gasteiger partial charge in [-0.2, -0.15) is 5.10 Å². The summed E-state index contributed by atoms with van der Waals surface area (Å²) in [6.07, 6.45) is 0. The lowest BCUT2D eigenvalue weighted by Crippen LogP contribution is -2.18. The van der Waals surface area contributed by atoms with Crippen LogP contribution >= 0.6 is 34.8 Å².